The molecule has 0 fully saturated rings. The van der Waals surface area contributed by atoms with E-state index in [4.69, 9.17) is 31.9 Å². The van der Waals surface area contributed by atoms with E-state index in [0.717, 1.165) is 32.4 Å². The number of nitrogens with zero attached hydrogens (tertiary/aromatic N) is 1. The number of rotatable bonds is 4. The van der Waals surface area contributed by atoms with E-state index in [9.17, 15) is 23.1 Å². The van der Waals surface area contributed by atoms with E-state index in [0.29, 0.717) is 0 Å². The lowest BCUT2D eigenvalue weighted by Crippen LogP contribution is -2.28. The van der Waals surface area contributed by atoms with Crippen molar-refractivity contribution in [1.82, 2.24) is 0 Å². The maximum absolute atomic E-state index is 11.7. The Morgan fingerprint density at radius 1 is 0.675 bits per heavy atom. The van der Waals surface area contributed by atoms with E-state index in [2.05, 4.69) is 0 Å². The van der Waals surface area contributed by atoms with Gasteiger partial charge in [-0.3, -0.25) is 19.2 Å². The molecule has 3 aromatic carbocycles. The second-order valence-electron chi connectivity index (χ2n) is 8.38. The SMILES string of the molecule is CC(=O)Oc1cc2c[n+](C)c3c4cc(OC(C)=O)c(OC(C)=O)cc4ccc3c2cc1OC(C)=O.O=S(=O)([O-])F. The normalized spacial score (nSPS) is 11.0. The highest BCUT2D eigenvalue weighted by atomic mass is 32.3. The standard InChI is InChI=1S/C26H22NO8.FHO3S/c1-13(28)32-22-8-17-6-7-19-20-10-24(34-15(3)30)23(33-14(2)29)9-18(20)12-27(5)26(19)21(17)11-25(22)35-16(4)31;1-5(2,3)4/h6-12H,1-5H3;(H,2,3,4)/q+1;/p-1. The van der Waals surface area contributed by atoms with E-state index >= 15 is 0 Å². The van der Waals surface area contributed by atoms with Gasteiger partial charge in [-0.1, -0.05) is 6.07 Å². The molecule has 4 rings (SSSR count). The van der Waals surface area contributed by atoms with Crippen LogP contribution in [0.3, 0.4) is 0 Å². The summed E-state index contributed by atoms with van der Waals surface area (Å²) < 4.78 is 58.3. The molecule has 0 saturated heterocycles. The minimum absolute atomic E-state index is 0.110. The summed E-state index contributed by atoms with van der Waals surface area (Å²) in [5.41, 5.74) is 0.784. The van der Waals surface area contributed by atoms with Gasteiger partial charge < -0.3 is 23.5 Å². The van der Waals surface area contributed by atoms with Crippen molar-refractivity contribution >= 4 is 66.8 Å². The maximum atomic E-state index is 11.7. The van der Waals surface area contributed by atoms with Gasteiger partial charge in [-0.2, -0.15) is 4.57 Å². The summed E-state index contributed by atoms with van der Waals surface area (Å²) in [6, 6.07) is 10.3. The molecule has 0 atom stereocenters. The molecule has 210 valence electrons. The number of benzene rings is 3. The van der Waals surface area contributed by atoms with E-state index in [1.54, 1.807) is 24.3 Å². The number of fused-ring (bicyclic) bond motifs is 5. The fourth-order valence-corrected chi connectivity index (χ4v) is 4.04. The molecule has 0 aliphatic rings. The van der Waals surface area contributed by atoms with Crippen molar-refractivity contribution in [2.24, 2.45) is 7.05 Å². The van der Waals surface area contributed by atoms with Gasteiger partial charge in [0.1, 0.15) is 7.05 Å². The molecule has 1 aromatic heterocycles. The van der Waals surface area contributed by atoms with Gasteiger partial charge in [0.2, 0.25) is 5.52 Å². The zero-order valence-corrected chi connectivity index (χ0v) is 22.6. The molecule has 4 aromatic rings. The zero-order chi connectivity index (χ0) is 29.9. The Balaban J connectivity index is 0.000000810. The number of aryl methyl sites for hydroxylation is 1. The number of pyridine rings is 1. The third-order valence-electron chi connectivity index (χ3n) is 5.16. The topological polar surface area (TPSA) is 166 Å². The number of carbonyl (C=O) groups is 4. The summed E-state index contributed by atoms with van der Waals surface area (Å²) in [5.74, 6) is -1.73. The number of carbonyl (C=O) groups excluding carboxylic acids is 4. The molecule has 0 aliphatic carbocycles. The van der Waals surface area contributed by atoms with Crippen LogP contribution in [0.5, 0.6) is 23.0 Å². The van der Waals surface area contributed by atoms with Crippen LogP contribution < -0.4 is 23.5 Å². The second kappa shape index (κ2) is 11.6. The Hall–Kier alpha value is -4.69. The van der Waals surface area contributed by atoms with Crippen LogP contribution in [0.2, 0.25) is 0 Å². The molecule has 0 amide bonds. The van der Waals surface area contributed by atoms with Gasteiger partial charge in [0.15, 0.2) is 29.2 Å². The third kappa shape index (κ3) is 7.45. The van der Waals surface area contributed by atoms with Crippen LogP contribution >= 0.6 is 0 Å². The Labute approximate surface area is 226 Å². The average Bonchev–Trinajstić information content (AvgIpc) is 2.77. The first-order valence-electron chi connectivity index (χ1n) is 11.3. The lowest BCUT2D eigenvalue weighted by atomic mass is 10.00. The first-order chi connectivity index (χ1) is 18.5. The molecule has 0 aliphatic heterocycles. The number of hydrogen-bond acceptors (Lipinski definition) is 11. The van der Waals surface area contributed by atoms with Gasteiger partial charge in [-0.05, 0) is 35.7 Å². The Morgan fingerprint density at radius 3 is 1.48 bits per heavy atom. The number of esters is 4. The quantitative estimate of drug-likeness (QED) is 0.0876. The fraction of sp³-hybridized carbons (Fsp3) is 0.192. The molecule has 1 heterocycles. The minimum atomic E-state index is -5.42. The molecular formula is C26H22FNO11S. The Bertz CT molecular complexity index is 1810. The smallest absolute Gasteiger partial charge is 0.308 e. The largest absolute Gasteiger partial charge is 0.722 e. The van der Waals surface area contributed by atoms with Crippen LogP contribution in [0.25, 0.3) is 32.4 Å². The lowest BCUT2D eigenvalue weighted by Gasteiger charge is -2.13. The van der Waals surface area contributed by atoms with Crippen molar-refractivity contribution in [3.63, 3.8) is 0 Å². The van der Waals surface area contributed by atoms with Crippen molar-refractivity contribution < 1.29 is 59.5 Å². The Kier molecular flexibility index (Phi) is 8.65. The van der Waals surface area contributed by atoms with Crippen LogP contribution in [-0.4, -0.2) is 36.8 Å². The molecular weight excluding hydrogens is 553 g/mol. The second-order valence-corrected chi connectivity index (χ2v) is 9.16. The van der Waals surface area contributed by atoms with Gasteiger partial charge in [-0.15, -0.1) is 3.89 Å². The van der Waals surface area contributed by atoms with Gasteiger partial charge in [-0.25, -0.2) is 8.42 Å². The van der Waals surface area contributed by atoms with E-state index in [-0.39, 0.29) is 23.0 Å². The van der Waals surface area contributed by atoms with Gasteiger partial charge in [0.05, 0.1) is 16.2 Å². The van der Waals surface area contributed by atoms with E-state index < -0.39 is 34.4 Å². The lowest BCUT2D eigenvalue weighted by molar-refractivity contribution is -0.642. The summed E-state index contributed by atoms with van der Waals surface area (Å²) in [6.45, 7) is 5.04. The van der Waals surface area contributed by atoms with Crippen molar-refractivity contribution in [3.8, 4) is 23.0 Å². The molecule has 0 radical (unpaired) electrons. The van der Waals surface area contributed by atoms with Crippen molar-refractivity contribution in [1.29, 1.82) is 0 Å². The highest BCUT2D eigenvalue weighted by Gasteiger charge is 2.21. The number of halogens is 1. The molecule has 0 bridgehead atoms. The number of hydrogen-bond donors (Lipinski definition) is 0. The zero-order valence-electron chi connectivity index (χ0n) is 21.8. The van der Waals surface area contributed by atoms with Gasteiger partial charge in [0.25, 0.3) is 10.5 Å². The van der Waals surface area contributed by atoms with E-state index in [1.807, 2.05) is 29.9 Å². The first kappa shape index (κ1) is 29.9. The highest BCUT2D eigenvalue weighted by Crippen LogP contribution is 2.39. The summed E-state index contributed by atoms with van der Waals surface area (Å²) >= 11 is 0. The molecule has 40 heavy (non-hydrogen) atoms. The maximum Gasteiger partial charge on any atom is 0.308 e. The van der Waals surface area contributed by atoms with Crippen molar-refractivity contribution in [2.45, 2.75) is 27.7 Å². The minimum Gasteiger partial charge on any atom is -0.722 e. The average molecular weight is 576 g/mol. The molecule has 0 saturated carbocycles. The first-order valence-corrected chi connectivity index (χ1v) is 12.6. The van der Waals surface area contributed by atoms with Crippen LogP contribution in [-0.2, 0) is 36.7 Å². The highest BCUT2D eigenvalue weighted by molar-refractivity contribution is 7.80. The molecule has 0 N–H and O–H groups in total. The molecule has 12 nitrogen and oxygen atoms in total. The third-order valence-corrected chi connectivity index (χ3v) is 5.16. The summed E-state index contributed by atoms with van der Waals surface area (Å²) in [5, 5.41) is 3.76. The van der Waals surface area contributed by atoms with Crippen molar-refractivity contribution in [3.05, 3.63) is 42.6 Å². The summed E-state index contributed by atoms with van der Waals surface area (Å²) in [7, 11) is -3.57. The monoisotopic (exact) mass is 575 g/mol. The summed E-state index contributed by atoms with van der Waals surface area (Å²) in [6.07, 6.45) is 1.84. The van der Waals surface area contributed by atoms with Crippen molar-refractivity contribution in [2.75, 3.05) is 0 Å². The van der Waals surface area contributed by atoms with Crippen LogP contribution in [0.4, 0.5) is 3.89 Å². The van der Waals surface area contributed by atoms with Crippen LogP contribution in [0.1, 0.15) is 27.7 Å². The van der Waals surface area contributed by atoms with Crippen LogP contribution in [0, 0.1) is 0 Å². The summed E-state index contributed by atoms with van der Waals surface area (Å²) in [4.78, 5) is 46.5. The molecule has 14 heteroatoms. The van der Waals surface area contributed by atoms with Gasteiger partial charge in [0, 0.05) is 33.1 Å². The predicted octanol–water partition coefficient (Wildman–Crippen LogP) is 3.09. The fourth-order valence-electron chi connectivity index (χ4n) is 4.04. The molecule has 0 spiro atoms. The number of aromatic nitrogens is 1. The van der Waals surface area contributed by atoms with E-state index in [1.165, 1.54) is 27.7 Å². The van der Waals surface area contributed by atoms with Gasteiger partial charge >= 0.3 is 23.9 Å². The predicted molar refractivity (Wildman–Crippen MR) is 136 cm³/mol. The Morgan fingerprint density at radius 2 is 1.05 bits per heavy atom. The number of ether oxygens (including phenoxy) is 4. The molecule has 0 unspecified atom stereocenters. The van der Waals surface area contributed by atoms with Crippen LogP contribution in [0.15, 0.2) is 42.6 Å².